The quantitative estimate of drug-likeness (QED) is 0.397. The van der Waals surface area contributed by atoms with Gasteiger partial charge in [-0.3, -0.25) is 4.79 Å². The zero-order valence-corrected chi connectivity index (χ0v) is 13.6. The molecular formula is C18H20ClNO3. The number of Topliss-reactive ketones (excluding diaryl/α,β-unsaturated/α-hetero) is 1. The van der Waals surface area contributed by atoms with Gasteiger partial charge in [-0.2, -0.15) is 0 Å². The average molecular weight is 334 g/mol. The fourth-order valence-corrected chi connectivity index (χ4v) is 3.64. The molecule has 1 aromatic rings. The van der Waals surface area contributed by atoms with E-state index in [-0.39, 0.29) is 24.0 Å². The molecule has 23 heavy (non-hydrogen) atoms. The lowest BCUT2D eigenvalue weighted by Gasteiger charge is -2.22. The third kappa shape index (κ3) is 3.13. The second kappa shape index (κ2) is 6.75. The average Bonchev–Trinajstić information content (AvgIpc) is 2.92. The van der Waals surface area contributed by atoms with E-state index in [0.29, 0.717) is 16.9 Å². The Labute approximate surface area is 140 Å². The van der Waals surface area contributed by atoms with Gasteiger partial charge in [-0.25, -0.2) is 0 Å². The minimum Gasteiger partial charge on any atom is -0.512 e. The summed E-state index contributed by atoms with van der Waals surface area (Å²) in [6.07, 6.45) is 5.81. The zero-order valence-electron chi connectivity index (χ0n) is 12.9. The summed E-state index contributed by atoms with van der Waals surface area (Å²) in [6, 6.07) is 6.16. The number of aliphatic hydroxyl groups is 1. The maximum absolute atomic E-state index is 12.6. The van der Waals surface area contributed by atoms with E-state index in [1.165, 1.54) is 6.42 Å². The molecular weight excluding hydrogens is 314 g/mol. The fourth-order valence-electron chi connectivity index (χ4n) is 3.52. The van der Waals surface area contributed by atoms with Crippen LogP contribution in [-0.2, 0) is 9.59 Å². The second-order valence-corrected chi connectivity index (χ2v) is 6.68. The summed E-state index contributed by atoms with van der Waals surface area (Å²) < 4.78 is 0. The highest BCUT2D eigenvalue weighted by atomic mass is 35.5. The number of ketones is 1. The van der Waals surface area contributed by atoms with Gasteiger partial charge in [0.05, 0.1) is 12.1 Å². The van der Waals surface area contributed by atoms with Crippen molar-refractivity contribution < 1.29 is 14.7 Å². The SMILES string of the molecule is O=CC1C(=O)C(=C(O)C2CCCCC2)CN1c1ccc(Cl)cc1. The number of halogens is 1. The normalized spacial score (nSPS) is 24.8. The molecule has 0 amide bonds. The summed E-state index contributed by atoms with van der Waals surface area (Å²) in [6.45, 7) is 0.270. The van der Waals surface area contributed by atoms with E-state index in [4.69, 9.17) is 11.6 Å². The number of hydrogen-bond acceptors (Lipinski definition) is 4. The molecule has 2 fully saturated rings. The maximum atomic E-state index is 12.6. The topological polar surface area (TPSA) is 57.6 Å². The molecule has 1 N–H and O–H groups in total. The lowest BCUT2D eigenvalue weighted by atomic mass is 9.86. The Morgan fingerprint density at radius 3 is 2.43 bits per heavy atom. The molecule has 5 heteroatoms. The van der Waals surface area contributed by atoms with Crippen molar-refractivity contribution in [2.45, 2.75) is 38.1 Å². The van der Waals surface area contributed by atoms with E-state index in [9.17, 15) is 14.7 Å². The molecule has 1 aliphatic heterocycles. The molecule has 2 aliphatic rings. The Morgan fingerprint density at radius 2 is 1.83 bits per heavy atom. The first-order valence-corrected chi connectivity index (χ1v) is 8.43. The molecule has 0 aromatic heterocycles. The predicted molar refractivity (Wildman–Crippen MR) is 89.9 cm³/mol. The number of nitrogens with zero attached hydrogens (tertiary/aromatic N) is 1. The van der Waals surface area contributed by atoms with Crippen molar-refractivity contribution in [1.82, 2.24) is 0 Å². The molecule has 1 saturated carbocycles. The molecule has 1 saturated heterocycles. The Morgan fingerprint density at radius 1 is 1.17 bits per heavy atom. The number of rotatable bonds is 3. The Hall–Kier alpha value is -1.81. The summed E-state index contributed by atoms with van der Waals surface area (Å²) in [4.78, 5) is 25.7. The van der Waals surface area contributed by atoms with Crippen LogP contribution < -0.4 is 4.90 Å². The van der Waals surface area contributed by atoms with Crippen molar-refractivity contribution in [3.8, 4) is 0 Å². The van der Waals surface area contributed by atoms with E-state index >= 15 is 0 Å². The first-order valence-electron chi connectivity index (χ1n) is 8.05. The number of allylic oxidation sites excluding steroid dienone is 1. The molecule has 1 heterocycles. The Balaban J connectivity index is 1.90. The van der Waals surface area contributed by atoms with Gasteiger partial charge in [-0.15, -0.1) is 0 Å². The summed E-state index contributed by atoms with van der Waals surface area (Å²) in [5, 5.41) is 11.2. The smallest absolute Gasteiger partial charge is 0.193 e. The number of aliphatic hydroxyl groups excluding tert-OH is 1. The van der Waals surface area contributed by atoms with Gasteiger partial charge in [0, 0.05) is 16.6 Å². The number of hydrogen-bond donors (Lipinski definition) is 1. The van der Waals surface area contributed by atoms with Crippen molar-refractivity contribution >= 4 is 29.4 Å². The van der Waals surface area contributed by atoms with Crippen LogP contribution in [0, 0.1) is 5.92 Å². The summed E-state index contributed by atoms with van der Waals surface area (Å²) in [7, 11) is 0. The third-order valence-corrected chi connectivity index (χ3v) is 5.07. The number of anilines is 1. The monoisotopic (exact) mass is 333 g/mol. The van der Waals surface area contributed by atoms with Crippen molar-refractivity contribution in [3.05, 3.63) is 40.6 Å². The molecule has 0 spiro atoms. The number of benzene rings is 1. The summed E-state index contributed by atoms with van der Waals surface area (Å²) in [5.41, 5.74) is 1.15. The highest BCUT2D eigenvalue weighted by Crippen LogP contribution is 2.34. The van der Waals surface area contributed by atoms with Crippen LogP contribution in [0.3, 0.4) is 0 Å². The lowest BCUT2D eigenvalue weighted by Crippen LogP contribution is -2.34. The predicted octanol–water partition coefficient (Wildman–Crippen LogP) is 3.69. The van der Waals surface area contributed by atoms with Crippen molar-refractivity contribution in [3.63, 3.8) is 0 Å². The third-order valence-electron chi connectivity index (χ3n) is 4.82. The molecule has 3 rings (SSSR count). The van der Waals surface area contributed by atoms with Crippen LogP contribution in [-0.4, -0.2) is 29.8 Å². The molecule has 1 aliphatic carbocycles. The van der Waals surface area contributed by atoms with E-state index in [1.54, 1.807) is 29.2 Å². The summed E-state index contributed by atoms with van der Waals surface area (Å²) >= 11 is 5.89. The van der Waals surface area contributed by atoms with E-state index in [0.717, 1.165) is 31.4 Å². The van der Waals surface area contributed by atoms with Gasteiger partial charge in [0.15, 0.2) is 5.78 Å². The van der Waals surface area contributed by atoms with Gasteiger partial charge >= 0.3 is 0 Å². The first kappa shape index (κ1) is 16.1. The van der Waals surface area contributed by atoms with Crippen LogP contribution in [0.2, 0.25) is 5.02 Å². The molecule has 1 atom stereocenters. The van der Waals surface area contributed by atoms with Gasteiger partial charge in [-0.1, -0.05) is 30.9 Å². The van der Waals surface area contributed by atoms with E-state index in [2.05, 4.69) is 0 Å². The van der Waals surface area contributed by atoms with Crippen LogP contribution in [0.15, 0.2) is 35.6 Å². The highest BCUT2D eigenvalue weighted by Gasteiger charge is 2.39. The second-order valence-electron chi connectivity index (χ2n) is 6.25. The number of aldehydes is 1. The van der Waals surface area contributed by atoms with E-state index < -0.39 is 6.04 Å². The molecule has 1 unspecified atom stereocenters. The highest BCUT2D eigenvalue weighted by molar-refractivity contribution is 6.30. The van der Waals surface area contributed by atoms with Crippen molar-refractivity contribution in [2.75, 3.05) is 11.4 Å². The zero-order chi connectivity index (χ0) is 16.4. The Kier molecular flexibility index (Phi) is 4.71. The minimum atomic E-state index is -0.864. The van der Waals surface area contributed by atoms with Crippen molar-refractivity contribution in [1.29, 1.82) is 0 Å². The molecule has 1 aromatic carbocycles. The van der Waals surface area contributed by atoms with Gasteiger partial charge in [0.1, 0.15) is 18.1 Å². The van der Waals surface area contributed by atoms with Crippen LogP contribution >= 0.6 is 11.6 Å². The fraction of sp³-hybridized carbons (Fsp3) is 0.444. The number of carbonyl (C=O) groups is 2. The van der Waals surface area contributed by atoms with Gasteiger partial charge in [0.2, 0.25) is 0 Å². The standard InChI is InChI=1S/C18H20ClNO3/c19-13-6-8-14(9-7-13)20-10-15(18(23)16(20)11-21)17(22)12-4-2-1-3-5-12/h6-9,11-12,16,22H,1-5,10H2. The molecule has 122 valence electrons. The summed E-state index contributed by atoms with van der Waals surface area (Å²) in [5.74, 6) is -0.0313. The van der Waals surface area contributed by atoms with Crippen molar-refractivity contribution in [2.24, 2.45) is 5.92 Å². The number of carbonyl (C=O) groups excluding carboxylic acids is 2. The van der Waals surface area contributed by atoms with Crippen LogP contribution in [0.1, 0.15) is 32.1 Å². The van der Waals surface area contributed by atoms with Crippen LogP contribution in [0.25, 0.3) is 0 Å². The van der Waals surface area contributed by atoms with Gasteiger partial charge < -0.3 is 14.8 Å². The maximum Gasteiger partial charge on any atom is 0.193 e. The minimum absolute atomic E-state index is 0.0557. The first-order chi connectivity index (χ1) is 11.1. The largest absolute Gasteiger partial charge is 0.512 e. The molecule has 0 radical (unpaired) electrons. The lowest BCUT2D eigenvalue weighted by molar-refractivity contribution is -0.120. The van der Waals surface area contributed by atoms with Crippen LogP contribution in [0.4, 0.5) is 5.69 Å². The van der Waals surface area contributed by atoms with Gasteiger partial charge in [0.25, 0.3) is 0 Å². The van der Waals surface area contributed by atoms with Gasteiger partial charge in [-0.05, 0) is 37.1 Å². The van der Waals surface area contributed by atoms with E-state index in [1.807, 2.05) is 0 Å². The van der Waals surface area contributed by atoms with Crippen LogP contribution in [0.5, 0.6) is 0 Å². The molecule has 4 nitrogen and oxygen atoms in total. The Bertz CT molecular complexity index is 632. The molecule has 0 bridgehead atoms.